The Balaban J connectivity index is 1.99. The lowest BCUT2D eigenvalue weighted by Gasteiger charge is -2.21. The minimum absolute atomic E-state index is 0.142. The Bertz CT molecular complexity index is 696. The van der Waals surface area contributed by atoms with Gasteiger partial charge in [0.25, 0.3) is 0 Å². The molecule has 0 saturated heterocycles. The van der Waals surface area contributed by atoms with Crippen LogP contribution in [0.15, 0.2) is 34.9 Å². The molecule has 2 rings (SSSR count). The normalized spacial score (nSPS) is 10.2. The molecule has 122 valence electrons. The largest absolute Gasteiger partial charge is 0.497 e. The first-order chi connectivity index (χ1) is 11.0. The van der Waals surface area contributed by atoms with Crippen LogP contribution < -0.4 is 15.0 Å². The van der Waals surface area contributed by atoms with Crippen LogP contribution in [0.25, 0.3) is 0 Å². The standard InChI is InChI=1S/C16H19N3O4/c1-11-9-15(18-23-11)17-16(21)7-8-19(12(2)20)13-5-4-6-14(10-13)22-3/h4-6,9-10H,7-8H2,1-3H3,(H,17,18,21). The minimum Gasteiger partial charge on any atom is -0.497 e. The Morgan fingerprint density at radius 2 is 2.13 bits per heavy atom. The lowest BCUT2D eigenvalue weighted by atomic mass is 10.2. The summed E-state index contributed by atoms with van der Waals surface area (Å²) in [7, 11) is 1.56. The number of amides is 2. The summed E-state index contributed by atoms with van der Waals surface area (Å²) in [5.74, 6) is 1.23. The first-order valence-corrected chi connectivity index (χ1v) is 7.15. The van der Waals surface area contributed by atoms with E-state index in [0.29, 0.717) is 23.0 Å². The van der Waals surface area contributed by atoms with E-state index in [1.54, 1.807) is 44.4 Å². The number of nitrogens with zero attached hydrogens (tertiary/aromatic N) is 2. The van der Waals surface area contributed by atoms with Gasteiger partial charge >= 0.3 is 0 Å². The number of carbonyl (C=O) groups excluding carboxylic acids is 2. The van der Waals surface area contributed by atoms with E-state index in [0.717, 1.165) is 0 Å². The average molecular weight is 317 g/mol. The summed E-state index contributed by atoms with van der Waals surface area (Å²) >= 11 is 0. The average Bonchev–Trinajstić information content (AvgIpc) is 2.92. The molecule has 1 aromatic carbocycles. The van der Waals surface area contributed by atoms with E-state index in [1.807, 2.05) is 0 Å². The van der Waals surface area contributed by atoms with Gasteiger partial charge in [0, 0.05) is 37.7 Å². The number of rotatable bonds is 6. The van der Waals surface area contributed by atoms with E-state index in [4.69, 9.17) is 9.26 Å². The van der Waals surface area contributed by atoms with E-state index in [2.05, 4.69) is 10.5 Å². The highest BCUT2D eigenvalue weighted by Gasteiger charge is 2.15. The van der Waals surface area contributed by atoms with Gasteiger partial charge < -0.3 is 19.5 Å². The van der Waals surface area contributed by atoms with Gasteiger partial charge in [0.15, 0.2) is 5.82 Å². The molecule has 0 unspecified atom stereocenters. The third-order valence-corrected chi connectivity index (χ3v) is 3.20. The second-order valence-electron chi connectivity index (χ2n) is 4.99. The van der Waals surface area contributed by atoms with E-state index in [1.165, 1.54) is 11.8 Å². The molecule has 2 aromatic rings. The molecule has 0 radical (unpaired) electrons. The summed E-state index contributed by atoms with van der Waals surface area (Å²) < 4.78 is 10.0. The number of aryl methyl sites for hydroxylation is 1. The van der Waals surface area contributed by atoms with Crippen molar-refractivity contribution < 1.29 is 18.8 Å². The van der Waals surface area contributed by atoms with Crippen molar-refractivity contribution in [2.75, 3.05) is 23.9 Å². The van der Waals surface area contributed by atoms with Gasteiger partial charge in [-0.05, 0) is 19.1 Å². The highest BCUT2D eigenvalue weighted by molar-refractivity contribution is 5.94. The van der Waals surface area contributed by atoms with E-state index in [9.17, 15) is 9.59 Å². The summed E-state index contributed by atoms with van der Waals surface area (Å²) in [6.45, 7) is 3.45. The predicted octanol–water partition coefficient (Wildman–Crippen LogP) is 2.37. The Morgan fingerprint density at radius 1 is 1.35 bits per heavy atom. The van der Waals surface area contributed by atoms with Crippen LogP contribution >= 0.6 is 0 Å². The van der Waals surface area contributed by atoms with Crippen molar-refractivity contribution in [2.45, 2.75) is 20.3 Å². The fraction of sp³-hybridized carbons (Fsp3) is 0.312. The third kappa shape index (κ3) is 4.57. The Hall–Kier alpha value is -2.83. The van der Waals surface area contributed by atoms with Gasteiger partial charge in [-0.1, -0.05) is 11.2 Å². The SMILES string of the molecule is COc1cccc(N(CCC(=O)Nc2cc(C)on2)C(C)=O)c1. The maximum Gasteiger partial charge on any atom is 0.227 e. The van der Waals surface area contributed by atoms with Crippen molar-refractivity contribution in [1.82, 2.24) is 5.16 Å². The highest BCUT2D eigenvalue weighted by Crippen LogP contribution is 2.21. The molecule has 0 spiro atoms. The van der Waals surface area contributed by atoms with Crippen LogP contribution in [0, 0.1) is 6.92 Å². The van der Waals surface area contributed by atoms with Gasteiger partial charge in [-0.15, -0.1) is 0 Å². The molecule has 0 aliphatic heterocycles. The zero-order valence-electron chi connectivity index (χ0n) is 13.3. The Kier molecular flexibility index (Phi) is 5.35. The molecule has 0 fully saturated rings. The van der Waals surface area contributed by atoms with Crippen LogP contribution in [0.5, 0.6) is 5.75 Å². The quantitative estimate of drug-likeness (QED) is 0.884. The van der Waals surface area contributed by atoms with Crippen molar-refractivity contribution in [3.05, 3.63) is 36.1 Å². The molecule has 0 saturated carbocycles. The van der Waals surface area contributed by atoms with Crippen molar-refractivity contribution in [3.8, 4) is 5.75 Å². The van der Waals surface area contributed by atoms with E-state index >= 15 is 0 Å². The maximum atomic E-state index is 11.9. The molecular formula is C16H19N3O4. The van der Waals surface area contributed by atoms with Crippen LogP contribution in [-0.4, -0.2) is 30.6 Å². The first-order valence-electron chi connectivity index (χ1n) is 7.15. The fourth-order valence-electron chi connectivity index (χ4n) is 2.09. The first kappa shape index (κ1) is 16.5. The second kappa shape index (κ2) is 7.44. The molecular weight excluding hydrogens is 298 g/mol. The van der Waals surface area contributed by atoms with Crippen LogP contribution in [0.4, 0.5) is 11.5 Å². The molecule has 1 N–H and O–H groups in total. The monoisotopic (exact) mass is 317 g/mol. The molecule has 0 bridgehead atoms. The lowest BCUT2D eigenvalue weighted by molar-refractivity contribution is -0.117. The van der Waals surface area contributed by atoms with Crippen LogP contribution in [-0.2, 0) is 9.59 Å². The number of hydrogen-bond acceptors (Lipinski definition) is 5. The van der Waals surface area contributed by atoms with E-state index in [-0.39, 0.29) is 24.8 Å². The summed E-state index contributed by atoms with van der Waals surface area (Å²) in [4.78, 5) is 25.3. The number of benzene rings is 1. The number of nitrogens with one attached hydrogen (secondary N) is 1. The number of aromatic nitrogens is 1. The van der Waals surface area contributed by atoms with Gasteiger partial charge in [-0.2, -0.15) is 0 Å². The molecule has 0 atom stereocenters. The van der Waals surface area contributed by atoms with Crippen molar-refractivity contribution in [1.29, 1.82) is 0 Å². The summed E-state index contributed by atoms with van der Waals surface area (Å²) in [6.07, 6.45) is 0.142. The van der Waals surface area contributed by atoms with Gasteiger partial charge in [-0.3, -0.25) is 9.59 Å². The summed E-state index contributed by atoms with van der Waals surface area (Å²) in [6, 6.07) is 8.76. The summed E-state index contributed by atoms with van der Waals surface area (Å²) in [5.41, 5.74) is 0.682. The molecule has 23 heavy (non-hydrogen) atoms. The smallest absolute Gasteiger partial charge is 0.227 e. The summed E-state index contributed by atoms with van der Waals surface area (Å²) in [5, 5.41) is 6.32. The van der Waals surface area contributed by atoms with Gasteiger partial charge in [0.2, 0.25) is 11.8 Å². The minimum atomic E-state index is -0.243. The highest BCUT2D eigenvalue weighted by atomic mass is 16.5. The third-order valence-electron chi connectivity index (χ3n) is 3.20. The Labute approximate surface area is 134 Å². The number of carbonyl (C=O) groups is 2. The van der Waals surface area contributed by atoms with Gasteiger partial charge in [0.1, 0.15) is 11.5 Å². The molecule has 0 aliphatic rings. The zero-order chi connectivity index (χ0) is 16.8. The molecule has 0 aliphatic carbocycles. The lowest BCUT2D eigenvalue weighted by Crippen LogP contribution is -2.32. The topological polar surface area (TPSA) is 84.7 Å². The van der Waals surface area contributed by atoms with Crippen molar-refractivity contribution >= 4 is 23.3 Å². The maximum absolute atomic E-state index is 11.9. The second-order valence-corrected chi connectivity index (χ2v) is 4.99. The van der Waals surface area contributed by atoms with E-state index < -0.39 is 0 Å². The van der Waals surface area contributed by atoms with Gasteiger partial charge in [0.05, 0.1) is 7.11 Å². The number of ether oxygens (including phenoxy) is 1. The van der Waals surface area contributed by atoms with Crippen LogP contribution in [0.2, 0.25) is 0 Å². The Morgan fingerprint density at radius 3 is 2.74 bits per heavy atom. The number of anilines is 2. The van der Waals surface area contributed by atoms with Crippen LogP contribution in [0.1, 0.15) is 19.1 Å². The van der Waals surface area contributed by atoms with Gasteiger partial charge in [-0.25, -0.2) is 0 Å². The molecule has 7 nitrogen and oxygen atoms in total. The van der Waals surface area contributed by atoms with Crippen molar-refractivity contribution in [3.63, 3.8) is 0 Å². The number of hydrogen-bond donors (Lipinski definition) is 1. The molecule has 1 aromatic heterocycles. The number of methoxy groups -OCH3 is 1. The molecule has 7 heteroatoms. The fourth-order valence-corrected chi connectivity index (χ4v) is 2.09. The molecule has 2 amide bonds. The van der Waals surface area contributed by atoms with Crippen LogP contribution in [0.3, 0.4) is 0 Å². The zero-order valence-corrected chi connectivity index (χ0v) is 13.3. The molecule has 1 heterocycles. The van der Waals surface area contributed by atoms with Crippen molar-refractivity contribution in [2.24, 2.45) is 0 Å². The predicted molar refractivity (Wildman–Crippen MR) is 85.5 cm³/mol.